The highest BCUT2D eigenvalue weighted by atomic mass is 16.5. The van der Waals surface area contributed by atoms with E-state index < -0.39 is 0 Å². The van der Waals surface area contributed by atoms with E-state index in [0.29, 0.717) is 24.5 Å². The summed E-state index contributed by atoms with van der Waals surface area (Å²) in [5, 5.41) is 3.89. The highest BCUT2D eigenvalue weighted by Gasteiger charge is 2.54. The summed E-state index contributed by atoms with van der Waals surface area (Å²) >= 11 is 0. The highest BCUT2D eigenvalue weighted by molar-refractivity contribution is 5.85. The van der Waals surface area contributed by atoms with Crippen LogP contribution in [0.3, 0.4) is 0 Å². The number of fused-ring (bicyclic) bond motifs is 5. The van der Waals surface area contributed by atoms with Crippen LogP contribution < -0.4 is 0 Å². The van der Waals surface area contributed by atoms with Crippen molar-refractivity contribution in [3.05, 3.63) is 139 Å². The lowest BCUT2D eigenvalue weighted by Crippen LogP contribution is -2.67. The molecule has 4 aromatic carbocycles. The fourth-order valence-corrected chi connectivity index (χ4v) is 7.67. The molecule has 4 heterocycles. The predicted octanol–water partition coefficient (Wildman–Crippen LogP) is 8.26. The molecule has 40 heavy (non-hydrogen) atoms. The molecule has 3 nitrogen and oxygen atoms in total. The van der Waals surface area contributed by atoms with Crippen molar-refractivity contribution in [1.82, 2.24) is 4.98 Å². The maximum Gasteiger partial charge on any atom is 0.135 e. The molecule has 3 fully saturated rings. The third-order valence-corrected chi connectivity index (χ3v) is 9.65. The third kappa shape index (κ3) is 4.54. The van der Waals surface area contributed by atoms with Crippen LogP contribution in [-0.4, -0.2) is 28.6 Å². The molecule has 5 atom stereocenters. The minimum atomic E-state index is -0.0309. The van der Waals surface area contributed by atoms with Crippen molar-refractivity contribution in [1.29, 1.82) is 0 Å². The van der Waals surface area contributed by atoms with Gasteiger partial charge in [-0.2, -0.15) is 0 Å². The Bertz CT molecular complexity index is 1640. The minimum absolute atomic E-state index is 0.0309. The fourth-order valence-electron chi connectivity index (χ4n) is 7.67. The van der Waals surface area contributed by atoms with E-state index in [1.807, 2.05) is 6.20 Å². The van der Waals surface area contributed by atoms with Gasteiger partial charge in [-0.3, -0.25) is 4.98 Å². The highest BCUT2D eigenvalue weighted by Crippen LogP contribution is 2.49. The molecule has 0 spiro atoms. The Balaban J connectivity index is 1.35. The van der Waals surface area contributed by atoms with E-state index in [9.17, 15) is 0 Å². The lowest BCUT2D eigenvalue weighted by molar-refractivity contribution is -0.985. The van der Waals surface area contributed by atoms with Gasteiger partial charge in [0.15, 0.2) is 0 Å². The van der Waals surface area contributed by atoms with Gasteiger partial charge in [-0.15, -0.1) is 6.58 Å². The van der Waals surface area contributed by atoms with Crippen molar-refractivity contribution < 1.29 is 9.22 Å². The summed E-state index contributed by atoms with van der Waals surface area (Å²) < 4.78 is 8.10. The third-order valence-electron chi connectivity index (χ3n) is 9.65. The van der Waals surface area contributed by atoms with Gasteiger partial charge in [-0.25, -0.2) is 0 Å². The lowest BCUT2D eigenvalue weighted by atomic mass is 9.71. The molecule has 0 aliphatic carbocycles. The van der Waals surface area contributed by atoms with Gasteiger partial charge in [0, 0.05) is 35.9 Å². The number of aromatic nitrogens is 1. The van der Waals surface area contributed by atoms with Crippen LogP contribution in [-0.2, 0) is 17.9 Å². The molecule has 2 bridgehead atoms. The maximum absolute atomic E-state index is 7.06. The van der Waals surface area contributed by atoms with Crippen LogP contribution in [0.5, 0.6) is 0 Å². The molecule has 0 radical (unpaired) electrons. The Kier molecular flexibility index (Phi) is 6.71. The molecule has 0 saturated carbocycles. The van der Waals surface area contributed by atoms with Gasteiger partial charge in [0.2, 0.25) is 0 Å². The molecule has 3 heteroatoms. The standard InChI is InChI=1S/C37H37N2O/c1-2-28-24-39(25-31-15-10-14-29-13-6-7-16-32(29)31)22-20-30(28)23-36(39)37(40-26-27-11-4-3-5-12-27)34-19-21-38-35-18-9-8-17-33(34)35/h2-19,21,28,30,36-37H,1,20,22-26H2/q+1/t28-,30-,36-,37+,39-/m0/s1. The monoisotopic (exact) mass is 525 g/mol. The van der Waals surface area contributed by atoms with E-state index in [1.54, 1.807) is 0 Å². The minimum Gasteiger partial charge on any atom is -0.363 e. The second-order valence-electron chi connectivity index (χ2n) is 11.8. The average Bonchev–Trinajstić information content (AvgIpc) is 3.02. The smallest absolute Gasteiger partial charge is 0.135 e. The Labute approximate surface area is 237 Å². The first-order valence-corrected chi connectivity index (χ1v) is 14.7. The quantitative estimate of drug-likeness (QED) is 0.150. The van der Waals surface area contributed by atoms with Crippen molar-refractivity contribution in [2.45, 2.75) is 38.1 Å². The van der Waals surface area contributed by atoms with E-state index in [4.69, 9.17) is 9.72 Å². The first kappa shape index (κ1) is 25.2. The second-order valence-corrected chi connectivity index (χ2v) is 11.8. The zero-order chi connectivity index (χ0) is 26.9. The van der Waals surface area contributed by atoms with Crippen molar-refractivity contribution in [2.75, 3.05) is 13.1 Å². The van der Waals surface area contributed by atoms with Crippen LogP contribution in [0.2, 0.25) is 0 Å². The van der Waals surface area contributed by atoms with Crippen LogP contribution in [0.4, 0.5) is 0 Å². The molecule has 0 N–H and O–H groups in total. The van der Waals surface area contributed by atoms with E-state index >= 15 is 0 Å². The van der Waals surface area contributed by atoms with E-state index in [1.165, 1.54) is 45.8 Å². The summed E-state index contributed by atoms with van der Waals surface area (Å²) in [5.74, 6) is 1.20. The zero-order valence-electron chi connectivity index (χ0n) is 23.0. The summed E-state index contributed by atoms with van der Waals surface area (Å²) in [6.45, 7) is 8.20. The van der Waals surface area contributed by atoms with Gasteiger partial charge in [-0.05, 0) is 39.9 Å². The lowest BCUT2D eigenvalue weighted by Gasteiger charge is -2.58. The number of para-hydroxylation sites is 1. The molecule has 3 aliphatic heterocycles. The largest absolute Gasteiger partial charge is 0.363 e. The molecule has 0 unspecified atom stereocenters. The molecule has 8 rings (SSSR count). The normalized spacial score (nSPS) is 24.8. The Morgan fingerprint density at radius 2 is 1.65 bits per heavy atom. The molecule has 3 saturated heterocycles. The van der Waals surface area contributed by atoms with Gasteiger partial charge in [0.25, 0.3) is 0 Å². The van der Waals surface area contributed by atoms with Crippen LogP contribution in [0.1, 0.15) is 35.6 Å². The van der Waals surface area contributed by atoms with Gasteiger partial charge < -0.3 is 9.22 Å². The number of quaternary nitrogens is 1. The SMILES string of the molecule is C=C[C@H]1C[N@+]2(Cc3cccc4ccccc34)CC[C@H]1C[C@H]2[C@H](OCc1ccccc1)c1ccnc2ccccc12. The molecule has 1 aromatic heterocycles. The fraction of sp³-hybridized carbons (Fsp3) is 0.270. The first-order chi connectivity index (χ1) is 19.7. The summed E-state index contributed by atoms with van der Waals surface area (Å²) in [5.41, 5.74) is 4.96. The van der Waals surface area contributed by atoms with Gasteiger partial charge in [0.1, 0.15) is 18.7 Å². The van der Waals surface area contributed by atoms with Crippen molar-refractivity contribution in [2.24, 2.45) is 11.8 Å². The predicted molar refractivity (Wildman–Crippen MR) is 164 cm³/mol. The van der Waals surface area contributed by atoms with E-state index in [0.717, 1.165) is 29.5 Å². The number of piperidine rings is 3. The molecule has 0 amide bonds. The Morgan fingerprint density at radius 1 is 0.875 bits per heavy atom. The number of nitrogens with zero attached hydrogens (tertiary/aromatic N) is 2. The number of rotatable bonds is 8. The van der Waals surface area contributed by atoms with Crippen LogP contribution >= 0.6 is 0 Å². The average molecular weight is 526 g/mol. The summed E-state index contributed by atoms with van der Waals surface area (Å²) in [4.78, 5) is 4.71. The molecule has 200 valence electrons. The number of benzene rings is 4. The maximum atomic E-state index is 7.06. The van der Waals surface area contributed by atoms with Crippen molar-refractivity contribution in [3.63, 3.8) is 0 Å². The van der Waals surface area contributed by atoms with Crippen molar-refractivity contribution >= 4 is 21.7 Å². The van der Waals surface area contributed by atoms with E-state index in [-0.39, 0.29) is 6.10 Å². The number of hydrogen-bond donors (Lipinski definition) is 0. The zero-order valence-corrected chi connectivity index (χ0v) is 23.0. The summed E-state index contributed by atoms with van der Waals surface area (Å²) in [7, 11) is 0. The Morgan fingerprint density at radius 3 is 2.52 bits per heavy atom. The first-order valence-electron chi connectivity index (χ1n) is 14.7. The number of ether oxygens (including phenoxy) is 1. The topological polar surface area (TPSA) is 22.1 Å². The van der Waals surface area contributed by atoms with Gasteiger partial charge in [-0.1, -0.05) is 97.1 Å². The number of pyridine rings is 1. The van der Waals surface area contributed by atoms with Crippen LogP contribution in [0.25, 0.3) is 21.7 Å². The number of hydrogen-bond acceptors (Lipinski definition) is 2. The van der Waals surface area contributed by atoms with E-state index in [2.05, 4.69) is 116 Å². The second kappa shape index (κ2) is 10.6. The Hall–Kier alpha value is -3.79. The summed E-state index contributed by atoms with van der Waals surface area (Å²) in [6.07, 6.45) is 6.57. The molecule has 3 aliphatic rings. The van der Waals surface area contributed by atoms with Crippen LogP contribution in [0.15, 0.2) is 122 Å². The molecule has 5 aromatic rings. The summed E-state index contributed by atoms with van der Waals surface area (Å²) in [6, 6.07) is 37.4. The molecular formula is C37H37N2O+. The molecular weight excluding hydrogens is 488 g/mol. The van der Waals surface area contributed by atoms with Crippen LogP contribution in [0, 0.1) is 11.8 Å². The van der Waals surface area contributed by atoms with Crippen molar-refractivity contribution in [3.8, 4) is 0 Å². The van der Waals surface area contributed by atoms with Gasteiger partial charge in [0.05, 0.1) is 25.2 Å². The van der Waals surface area contributed by atoms with Gasteiger partial charge >= 0.3 is 0 Å².